The van der Waals surface area contributed by atoms with Gasteiger partial charge in [-0.3, -0.25) is 4.79 Å². The van der Waals surface area contributed by atoms with E-state index in [0.29, 0.717) is 13.0 Å². The molecule has 1 amide bonds. The minimum atomic E-state index is 0.0473. The molecule has 1 aliphatic rings. The second kappa shape index (κ2) is 3.71. The average Bonchev–Trinajstić information content (AvgIpc) is 2.16. The molecule has 2 rings (SSSR count). The van der Waals surface area contributed by atoms with E-state index in [0.717, 1.165) is 15.7 Å². The normalized spacial score (nSPS) is 20.1. The van der Waals surface area contributed by atoms with Crippen molar-refractivity contribution in [1.82, 2.24) is 0 Å². The number of carbonyl (C=O) groups is 1. The Morgan fingerprint density at radius 1 is 1.57 bits per heavy atom. The van der Waals surface area contributed by atoms with E-state index in [1.165, 1.54) is 0 Å². The van der Waals surface area contributed by atoms with E-state index in [4.69, 9.17) is 5.73 Å². The number of fused-ring (bicyclic) bond motifs is 1. The topological polar surface area (TPSA) is 55.1 Å². The van der Waals surface area contributed by atoms with Crippen LogP contribution in [0.4, 0.5) is 5.69 Å². The van der Waals surface area contributed by atoms with Crippen molar-refractivity contribution < 1.29 is 4.79 Å². The van der Waals surface area contributed by atoms with Crippen LogP contribution in [0.15, 0.2) is 22.7 Å². The lowest BCUT2D eigenvalue weighted by atomic mass is 9.91. The minimum Gasteiger partial charge on any atom is -0.330 e. The molecule has 0 aromatic heterocycles. The Bertz CT molecular complexity index is 378. The average molecular weight is 255 g/mol. The molecule has 0 bridgehead atoms. The van der Waals surface area contributed by atoms with Crippen LogP contribution >= 0.6 is 15.9 Å². The zero-order valence-electron chi connectivity index (χ0n) is 7.59. The molecule has 4 heteroatoms. The lowest BCUT2D eigenvalue weighted by molar-refractivity contribution is -0.116. The first-order valence-corrected chi connectivity index (χ1v) is 5.30. The molecule has 74 valence electrons. The molecule has 0 spiro atoms. The summed E-state index contributed by atoms with van der Waals surface area (Å²) in [5.74, 6) is 0.181. The molecule has 0 fully saturated rings. The summed E-state index contributed by atoms with van der Waals surface area (Å²) in [6.45, 7) is 0.503. The predicted octanol–water partition coefficient (Wildman–Crippen LogP) is 1.83. The Balaban J connectivity index is 2.51. The van der Waals surface area contributed by atoms with Crippen molar-refractivity contribution in [3.63, 3.8) is 0 Å². The molecule has 14 heavy (non-hydrogen) atoms. The van der Waals surface area contributed by atoms with Crippen molar-refractivity contribution in [3.8, 4) is 0 Å². The Morgan fingerprint density at radius 2 is 2.36 bits per heavy atom. The number of carbonyl (C=O) groups excluding carboxylic acids is 1. The number of hydrogen-bond donors (Lipinski definition) is 2. The van der Waals surface area contributed by atoms with Crippen molar-refractivity contribution in [2.45, 2.75) is 12.3 Å². The van der Waals surface area contributed by atoms with Gasteiger partial charge in [0.2, 0.25) is 5.91 Å². The summed E-state index contributed by atoms with van der Waals surface area (Å²) in [7, 11) is 0. The zero-order valence-corrected chi connectivity index (χ0v) is 9.17. The van der Waals surface area contributed by atoms with Crippen LogP contribution in [0.3, 0.4) is 0 Å². The van der Waals surface area contributed by atoms with Crippen LogP contribution in [-0.4, -0.2) is 12.5 Å². The lowest BCUT2D eigenvalue weighted by Gasteiger charge is -2.25. The van der Waals surface area contributed by atoms with Gasteiger partial charge in [0.15, 0.2) is 0 Å². The van der Waals surface area contributed by atoms with Crippen LogP contribution in [-0.2, 0) is 4.79 Å². The Hall–Kier alpha value is -0.870. The number of nitrogens with one attached hydrogen (secondary N) is 1. The van der Waals surface area contributed by atoms with Crippen molar-refractivity contribution >= 4 is 27.5 Å². The third-order valence-corrected chi connectivity index (χ3v) is 3.14. The number of rotatable bonds is 1. The van der Waals surface area contributed by atoms with Crippen LogP contribution in [0.5, 0.6) is 0 Å². The maximum atomic E-state index is 11.3. The Morgan fingerprint density at radius 3 is 3.07 bits per heavy atom. The van der Waals surface area contributed by atoms with Gasteiger partial charge in [-0.2, -0.15) is 0 Å². The van der Waals surface area contributed by atoms with E-state index in [2.05, 4.69) is 21.2 Å². The van der Waals surface area contributed by atoms with Crippen LogP contribution in [0.2, 0.25) is 0 Å². The van der Waals surface area contributed by atoms with Crippen molar-refractivity contribution in [3.05, 3.63) is 28.2 Å². The first-order valence-electron chi connectivity index (χ1n) is 4.50. The summed E-state index contributed by atoms with van der Waals surface area (Å²) < 4.78 is 1.02. The van der Waals surface area contributed by atoms with Gasteiger partial charge in [0.05, 0.1) is 0 Å². The molecule has 1 aliphatic heterocycles. The fourth-order valence-electron chi connectivity index (χ4n) is 1.79. The molecule has 3 nitrogen and oxygen atoms in total. The molecule has 0 aliphatic carbocycles. The van der Waals surface area contributed by atoms with Crippen LogP contribution < -0.4 is 11.1 Å². The molecule has 0 saturated carbocycles. The second-order valence-electron chi connectivity index (χ2n) is 3.39. The fourth-order valence-corrected chi connectivity index (χ4v) is 2.48. The molecule has 1 aromatic carbocycles. The third kappa shape index (κ3) is 1.55. The first kappa shape index (κ1) is 9.68. The Labute approximate surface area is 90.8 Å². The second-order valence-corrected chi connectivity index (χ2v) is 4.24. The molecular formula is C10H11BrN2O. The van der Waals surface area contributed by atoms with Crippen molar-refractivity contribution in [2.75, 3.05) is 11.9 Å². The summed E-state index contributed by atoms with van der Waals surface area (Å²) in [6, 6.07) is 5.78. The van der Waals surface area contributed by atoms with Gasteiger partial charge in [-0.1, -0.05) is 22.0 Å². The number of hydrogen-bond acceptors (Lipinski definition) is 2. The van der Waals surface area contributed by atoms with E-state index in [9.17, 15) is 4.79 Å². The highest BCUT2D eigenvalue weighted by atomic mass is 79.9. The van der Waals surface area contributed by atoms with E-state index < -0.39 is 0 Å². The first-order chi connectivity index (χ1) is 6.72. The smallest absolute Gasteiger partial charge is 0.225 e. The van der Waals surface area contributed by atoms with Gasteiger partial charge < -0.3 is 11.1 Å². The molecule has 0 saturated heterocycles. The predicted molar refractivity (Wildman–Crippen MR) is 59.2 cm³/mol. The van der Waals surface area contributed by atoms with E-state index >= 15 is 0 Å². The molecule has 1 aromatic rings. The minimum absolute atomic E-state index is 0.0473. The van der Waals surface area contributed by atoms with E-state index in [1.807, 2.05) is 18.2 Å². The number of halogens is 1. The van der Waals surface area contributed by atoms with Gasteiger partial charge in [0.25, 0.3) is 0 Å². The van der Waals surface area contributed by atoms with Gasteiger partial charge in [-0.15, -0.1) is 0 Å². The molecule has 1 heterocycles. The summed E-state index contributed by atoms with van der Waals surface area (Å²) in [6.07, 6.45) is 0.478. The Kier molecular flexibility index (Phi) is 2.56. The van der Waals surface area contributed by atoms with Crippen molar-refractivity contribution in [1.29, 1.82) is 0 Å². The van der Waals surface area contributed by atoms with Gasteiger partial charge in [0, 0.05) is 22.5 Å². The monoisotopic (exact) mass is 254 g/mol. The van der Waals surface area contributed by atoms with Crippen LogP contribution in [0, 0.1) is 0 Å². The molecule has 1 unspecified atom stereocenters. The largest absolute Gasteiger partial charge is 0.330 e. The highest BCUT2D eigenvalue weighted by Gasteiger charge is 2.25. The van der Waals surface area contributed by atoms with Crippen LogP contribution in [0.1, 0.15) is 17.9 Å². The third-order valence-electron chi connectivity index (χ3n) is 2.45. The number of nitrogens with two attached hydrogens (primary N) is 1. The maximum Gasteiger partial charge on any atom is 0.225 e. The quantitative estimate of drug-likeness (QED) is 0.804. The lowest BCUT2D eigenvalue weighted by Crippen LogP contribution is -2.27. The summed E-state index contributed by atoms with van der Waals surface area (Å²) in [5.41, 5.74) is 7.65. The summed E-state index contributed by atoms with van der Waals surface area (Å²) >= 11 is 3.48. The fraction of sp³-hybridized carbons (Fsp3) is 0.300. The van der Waals surface area contributed by atoms with Gasteiger partial charge in [-0.05, 0) is 24.2 Å². The van der Waals surface area contributed by atoms with Crippen molar-refractivity contribution in [2.24, 2.45) is 5.73 Å². The summed E-state index contributed by atoms with van der Waals surface area (Å²) in [5, 5.41) is 2.84. The van der Waals surface area contributed by atoms with Crippen LogP contribution in [0.25, 0.3) is 0 Å². The highest BCUT2D eigenvalue weighted by Crippen LogP contribution is 2.36. The number of anilines is 1. The SMILES string of the molecule is NCC1CC(=O)Nc2cccc(Br)c21. The van der Waals surface area contributed by atoms with E-state index in [-0.39, 0.29) is 11.8 Å². The van der Waals surface area contributed by atoms with Gasteiger partial charge in [0.1, 0.15) is 0 Å². The molecular weight excluding hydrogens is 244 g/mol. The standard InChI is InChI=1S/C10H11BrN2O/c11-7-2-1-3-8-10(7)6(5-12)4-9(14)13-8/h1-3,6H,4-5,12H2,(H,13,14). The van der Waals surface area contributed by atoms with Gasteiger partial charge in [-0.25, -0.2) is 0 Å². The summed E-state index contributed by atoms with van der Waals surface area (Å²) in [4.78, 5) is 11.3. The molecule has 1 atom stereocenters. The number of benzene rings is 1. The van der Waals surface area contributed by atoms with Gasteiger partial charge >= 0.3 is 0 Å². The highest BCUT2D eigenvalue weighted by molar-refractivity contribution is 9.10. The molecule has 3 N–H and O–H groups in total. The maximum absolute atomic E-state index is 11.3. The molecule has 0 radical (unpaired) electrons. The zero-order chi connectivity index (χ0) is 10.1. The van der Waals surface area contributed by atoms with E-state index in [1.54, 1.807) is 0 Å². The number of amides is 1.